The molecule has 6 nitrogen and oxygen atoms in total. The summed E-state index contributed by atoms with van der Waals surface area (Å²) < 4.78 is 6.81. The highest BCUT2D eigenvalue weighted by molar-refractivity contribution is 7.71. The van der Waals surface area contributed by atoms with Crippen LogP contribution in [0.25, 0.3) is 0 Å². The van der Waals surface area contributed by atoms with Crippen molar-refractivity contribution >= 4 is 12.2 Å². The average Bonchev–Trinajstić information content (AvgIpc) is 2.65. The van der Waals surface area contributed by atoms with Crippen LogP contribution in [0.4, 0.5) is 0 Å². The molecule has 0 saturated heterocycles. The summed E-state index contributed by atoms with van der Waals surface area (Å²) in [6.45, 7) is 0.478. The van der Waals surface area contributed by atoms with Gasteiger partial charge in [0.05, 0.1) is 6.54 Å². The first-order valence-corrected chi connectivity index (χ1v) is 3.62. The summed E-state index contributed by atoms with van der Waals surface area (Å²) in [5.41, 5.74) is 0. The fourth-order valence-corrected chi connectivity index (χ4v) is 0.962. The Balaban J connectivity index is 2.25. The van der Waals surface area contributed by atoms with Crippen molar-refractivity contribution in [1.29, 1.82) is 0 Å². The summed E-state index contributed by atoms with van der Waals surface area (Å²) in [5.74, 6) is 0.576. The minimum absolute atomic E-state index is 0.478. The van der Waals surface area contributed by atoms with Crippen LogP contribution in [0.3, 0.4) is 0 Å². The van der Waals surface area contributed by atoms with Crippen LogP contribution >= 0.6 is 12.2 Å². The van der Waals surface area contributed by atoms with Gasteiger partial charge in [-0.15, -0.1) is 0 Å². The largest absolute Gasteiger partial charge is 0.343 e. The zero-order valence-corrected chi connectivity index (χ0v) is 6.78. The maximum Gasteiger partial charge on any atom is 0.213 e. The van der Waals surface area contributed by atoms with Gasteiger partial charge in [0.25, 0.3) is 0 Å². The monoisotopic (exact) mass is 183 g/mol. The van der Waals surface area contributed by atoms with Crippen LogP contribution in [0.2, 0.25) is 0 Å². The molecule has 0 bridgehead atoms. The van der Waals surface area contributed by atoms with E-state index < -0.39 is 0 Å². The van der Waals surface area contributed by atoms with E-state index in [9.17, 15) is 0 Å². The molecule has 2 aromatic rings. The van der Waals surface area contributed by atoms with Crippen LogP contribution in [0.15, 0.2) is 17.2 Å². The van der Waals surface area contributed by atoms with Crippen molar-refractivity contribution in [3.63, 3.8) is 0 Å². The maximum absolute atomic E-state index is 4.92. The molecule has 2 rings (SSSR count). The number of H-pyrrole nitrogens is 1. The zero-order valence-electron chi connectivity index (χ0n) is 5.97. The number of nitrogens with one attached hydrogen (secondary N) is 1. The topological polar surface area (TPSA) is 72.5 Å². The number of hydrogen-bond acceptors (Lipinski definition) is 5. The van der Waals surface area contributed by atoms with Crippen molar-refractivity contribution in [1.82, 2.24) is 24.9 Å². The zero-order chi connectivity index (χ0) is 8.39. The second-order valence-electron chi connectivity index (χ2n) is 2.14. The molecule has 7 heteroatoms. The quantitative estimate of drug-likeness (QED) is 0.681. The first-order valence-electron chi connectivity index (χ1n) is 3.21. The van der Waals surface area contributed by atoms with Crippen molar-refractivity contribution in [3.8, 4) is 0 Å². The number of hydrogen-bond donors (Lipinski definition) is 1. The average molecular weight is 183 g/mol. The Morgan fingerprint density at radius 2 is 2.58 bits per heavy atom. The van der Waals surface area contributed by atoms with Gasteiger partial charge >= 0.3 is 0 Å². The molecule has 0 amide bonds. The molecule has 2 heterocycles. The Morgan fingerprint density at radius 3 is 3.17 bits per heavy atom. The molecule has 0 aliphatic rings. The molecule has 0 aliphatic carbocycles. The Labute approximate surface area is 72.2 Å². The highest BCUT2D eigenvalue weighted by atomic mass is 32.1. The fourth-order valence-electron chi connectivity index (χ4n) is 0.798. The highest BCUT2D eigenvalue weighted by Gasteiger charge is 2.00. The molecule has 0 unspecified atom stereocenters. The first kappa shape index (κ1) is 7.17. The Morgan fingerprint density at radius 1 is 1.67 bits per heavy atom. The second kappa shape index (κ2) is 2.86. The Hall–Kier alpha value is -1.50. The number of rotatable bonds is 2. The standard InChI is InChI=1S/C5H5N5OS/c12-5-8-7-2-10(5)1-4-6-3-11-9-4/h2-3H,1H2,(H,8,12). The summed E-state index contributed by atoms with van der Waals surface area (Å²) >= 11 is 4.92. The first-order chi connectivity index (χ1) is 5.86. The van der Waals surface area contributed by atoms with Crippen molar-refractivity contribution < 1.29 is 4.52 Å². The van der Waals surface area contributed by atoms with E-state index in [1.807, 2.05) is 0 Å². The maximum atomic E-state index is 4.92. The van der Waals surface area contributed by atoms with Gasteiger partial charge in [0.1, 0.15) is 6.33 Å². The van der Waals surface area contributed by atoms with Gasteiger partial charge in [0.2, 0.25) is 6.39 Å². The van der Waals surface area contributed by atoms with Gasteiger partial charge in [-0.25, -0.2) is 0 Å². The van der Waals surface area contributed by atoms with Gasteiger partial charge in [-0.2, -0.15) is 10.1 Å². The Bertz CT molecular complexity index is 401. The third kappa shape index (κ3) is 1.26. The summed E-state index contributed by atoms with van der Waals surface area (Å²) in [6, 6.07) is 0. The third-order valence-electron chi connectivity index (χ3n) is 1.34. The van der Waals surface area contributed by atoms with Crippen LogP contribution < -0.4 is 0 Å². The summed E-state index contributed by atoms with van der Waals surface area (Å²) in [4.78, 5) is 3.85. The predicted octanol–water partition coefficient (Wildman–Crippen LogP) is 0.372. The molecular formula is C5H5N5OS. The molecule has 0 aromatic carbocycles. The van der Waals surface area contributed by atoms with Gasteiger partial charge in [0.15, 0.2) is 10.6 Å². The van der Waals surface area contributed by atoms with Crippen LogP contribution in [-0.4, -0.2) is 24.9 Å². The third-order valence-corrected chi connectivity index (χ3v) is 1.66. The van der Waals surface area contributed by atoms with Crippen molar-refractivity contribution in [2.24, 2.45) is 0 Å². The van der Waals surface area contributed by atoms with E-state index in [0.717, 1.165) is 0 Å². The second-order valence-corrected chi connectivity index (χ2v) is 2.52. The van der Waals surface area contributed by atoms with Gasteiger partial charge in [-0.3, -0.25) is 9.67 Å². The van der Waals surface area contributed by atoms with E-state index in [2.05, 4.69) is 24.9 Å². The van der Waals surface area contributed by atoms with Gasteiger partial charge in [-0.1, -0.05) is 5.16 Å². The summed E-state index contributed by atoms with van der Waals surface area (Å²) in [6.07, 6.45) is 2.86. The van der Waals surface area contributed by atoms with Gasteiger partial charge in [-0.05, 0) is 12.2 Å². The van der Waals surface area contributed by atoms with E-state index in [0.29, 0.717) is 17.1 Å². The fraction of sp³-hybridized carbons (Fsp3) is 0.200. The van der Waals surface area contributed by atoms with E-state index in [1.54, 1.807) is 10.9 Å². The minimum atomic E-state index is 0.478. The van der Waals surface area contributed by atoms with Crippen LogP contribution in [-0.2, 0) is 6.54 Å². The molecular weight excluding hydrogens is 178 g/mol. The highest BCUT2D eigenvalue weighted by Crippen LogP contribution is 1.94. The number of aromatic nitrogens is 5. The van der Waals surface area contributed by atoms with E-state index in [-0.39, 0.29) is 0 Å². The molecule has 12 heavy (non-hydrogen) atoms. The molecule has 0 atom stereocenters. The number of aromatic amines is 1. The molecule has 2 aromatic heterocycles. The Kier molecular flexibility index (Phi) is 1.71. The molecule has 0 spiro atoms. The van der Waals surface area contributed by atoms with E-state index >= 15 is 0 Å². The van der Waals surface area contributed by atoms with Gasteiger partial charge < -0.3 is 4.52 Å². The van der Waals surface area contributed by atoms with Gasteiger partial charge in [0, 0.05) is 0 Å². The van der Waals surface area contributed by atoms with Crippen LogP contribution in [0.5, 0.6) is 0 Å². The number of nitrogens with zero attached hydrogens (tertiary/aromatic N) is 4. The lowest BCUT2D eigenvalue weighted by Crippen LogP contribution is -1.99. The van der Waals surface area contributed by atoms with Crippen molar-refractivity contribution in [2.45, 2.75) is 6.54 Å². The molecule has 1 N–H and O–H groups in total. The van der Waals surface area contributed by atoms with E-state index in [1.165, 1.54) is 6.39 Å². The van der Waals surface area contributed by atoms with Crippen LogP contribution in [0, 0.1) is 4.77 Å². The summed E-state index contributed by atoms with van der Waals surface area (Å²) in [5, 5.41) is 10.0. The smallest absolute Gasteiger partial charge is 0.213 e. The molecule has 0 saturated carbocycles. The molecule has 0 fully saturated rings. The normalized spacial score (nSPS) is 10.3. The molecule has 0 radical (unpaired) electrons. The summed E-state index contributed by atoms with van der Waals surface area (Å²) in [7, 11) is 0. The molecule has 62 valence electrons. The molecule has 0 aliphatic heterocycles. The van der Waals surface area contributed by atoms with Crippen molar-refractivity contribution in [2.75, 3.05) is 0 Å². The minimum Gasteiger partial charge on any atom is -0.343 e. The van der Waals surface area contributed by atoms with Crippen molar-refractivity contribution in [3.05, 3.63) is 23.3 Å². The lowest BCUT2D eigenvalue weighted by atomic mass is 10.6. The lowest BCUT2D eigenvalue weighted by Gasteiger charge is -1.92. The lowest BCUT2D eigenvalue weighted by molar-refractivity contribution is 0.408. The van der Waals surface area contributed by atoms with Crippen LogP contribution in [0.1, 0.15) is 5.82 Å². The van der Waals surface area contributed by atoms with E-state index in [4.69, 9.17) is 12.2 Å². The SMILES string of the molecule is S=c1[nH]ncn1Cc1ncon1. The predicted molar refractivity (Wildman–Crippen MR) is 40.8 cm³/mol.